The minimum atomic E-state index is -0.909. The van der Waals surface area contributed by atoms with Crippen molar-refractivity contribution in [3.63, 3.8) is 0 Å². The molecule has 3 N–H and O–H groups in total. The van der Waals surface area contributed by atoms with Crippen LogP contribution in [0.5, 0.6) is 0 Å². The first-order valence-electron chi connectivity index (χ1n) is 3.96. The van der Waals surface area contributed by atoms with Crippen LogP contribution in [-0.2, 0) is 4.84 Å². The second-order valence-electron chi connectivity index (χ2n) is 2.47. The van der Waals surface area contributed by atoms with Crippen molar-refractivity contribution in [2.75, 3.05) is 24.2 Å². The highest BCUT2D eigenvalue weighted by molar-refractivity contribution is 5.29. The molecule has 0 aliphatic heterocycles. The number of aromatic nitrogens is 2. The molecule has 0 aliphatic rings. The molecule has 1 heterocycles. The first kappa shape index (κ1) is 10.8. The maximum Gasteiger partial charge on any atom is 0.343 e. The van der Waals surface area contributed by atoms with Gasteiger partial charge < -0.3 is 21.1 Å². The van der Waals surface area contributed by atoms with Gasteiger partial charge in [0.05, 0.1) is 12.7 Å². The van der Waals surface area contributed by atoms with Crippen molar-refractivity contribution in [2.24, 2.45) is 0 Å². The monoisotopic (exact) mass is 215 g/mol. The Morgan fingerprint density at radius 1 is 1.73 bits per heavy atom. The number of hydrogen-bond donors (Lipinski definition) is 2. The van der Waals surface area contributed by atoms with Crippen molar-refractivity contribution in [3.8, 4) is 0 Å². The zero-order chi connectivity index (χ0) is 11.3. The smallest absolute Gasteiger partial charge is 0.343 e. The highest BCUT2D eigenvalue weighted by Gasteiger charge is 2.03. The van der Waals surface area contributed by atoms with Gasteiger partial charge in [-0.1, -0.05) is 0 Å². The Labute approximate surface area is 84.2 Å². The van der Waals surface area contributed by atoms with Gasteiger partial charge in [0.1, 0.15) is 6.61 Å². The summed E-state index contributed by atoms with van der Waals surface area (Å²) >= 11 is 0. The van der Waals surface area contributed by atoms with Gasteiger partial charge in [-0.25, -0.2) is 4.73 Å². The molecule has 0 unspecified atom stereocenters. The van der Waals surface area contributed by atoms with Crippen molar-refractivity contribution in [1.82, 2.24) is 4.98 Å². The molecule has 9 heteroatoms. The number of anilines is 2. The second kappa shape index (κ2) is 4.79. The third-order valence-electron chi connectivity index (χ3n) is 1.47. The molecular formula is C6H9N5O4. The zero-order valence-corrected chi connectivity index (χ0v) is 7.62. The zero-order valence-electron chi connectivity index (χ0n) is 7.62. The normalized spacial score (nSPS) is 9.60. The molecule has 9 nitrogen and oxygen atoms in total. The van der Waals surface area contributed by atoms with Gasteiger partial charge in [-0.05, 0) is 0 Å². The maximum absolute atomic E-state index is 11.2. The molecule has 0 radical (unpaired) electrons. The van der Waals surface area contributed by atoms with Crippen molar-refractivity contribution < 1.29 is 14.7 Å². The first-order valence-corrected chi connectivity index (χ1v) is 3.96. The topological polar surface area (TPSA) is 130 Å². The summed E-state index contributed by atoms with van der Waals surface area (Å²) in [4.78, 5) is 17.4. The molecule has 0 bridgehead atoms. The Morgan fingerprint density at radius 2 is 2.47 bits per heavy atom. The summed E-state index contributed by atoms with van der Waals surface area (Å²) in [7, 11) is 0. The maximum atomic E-state index is 11.2. The summed E-state index contributed by atoms with van der Waals surface area (Å²) in [6.45, 7) is -0.0398. The highest BCUT2D eigenvalue weighted by atomic mass is 16.9. The van der Waals surface area contributed by atoms with Gasteiger partial charge in [-0.15, -0.1) is 15.1 Å². The summed E-state index contributed by atoms with van der Waals surface area (Å²) in [6.07, 6.45) is 1.35. The average molecular weight is 215 g/mol. The van der Waals surface area contributed by atoms with E-state index in [9.17, 15) is 15.3 Å². The van der Waals surface area contributed by atoms with Crippen LogP contribution in [0.3, 0.4) is 0 Å². The van der Waals surface area contributed by atoms with Crippen molar-refractivity contribution >= 4 is 11.8 Å². The molecule has 15 heavy (non-hydrogen) atoms. The number of nitrogen functional groups attached to an aromatic ring is 1. The Balaban J connectivity index is 2.44. The van der Waals surface area contributed by atoms with Gasteiger partial charge in [-0.2, -0.15) is 0 Å². The fourth-order valence-corrected chi connectivity index (χ4v) is 0.858. The second-order valence-corrected chi connectivity index (χ2v) is 2.47. The van der Waals surface area contributed by atoms with Crippen LogP contribution in [0.4, 0.5) is 11.8 Å². The van der Waals surface area contributed by atoms with E-state index in [0.717, 1.165) is 0 Å². The van der Waals surface area contributed by atoms with E-state index < -0.39 is 5.09 Å². The molecule has 1 aromatic rings. The van der Waals surface area contributed by atoms with Gasteiger partial charge in [0.2, 0.25) is 0 Å². The molecule has 0 saturated carbocycles. The number of nitrogens with one attached hydrogen (secondary N) is 1. The molecule has 82 valence electrons. The van der Waals surface area contributed by atoms with Gasteiger partial charge >= 0.3 is 5.95 Å². The molecule has 0 aromatic carbocycles. The van der Waals surface area contributed by atoms with Crippen LogP contribution in [0.25, 0.3) is 0 Å². The highest BCUT2D eigenvalue weighted by Crippen LogP contribution is 1.98. The predicted molar refractivity (Wildman–Crippen MR) is 49.0 cm³/mol. The van der Waals surface area contributed by atoms with Gasteiger partial charge in [0.25, 0.3) is 5.09 Å². The number of nitrogens with zero attached hydrogens (tertiary/aromatic N) is 3. The van der Waals surface area contributed by atoms with Crippen LogP contribution in [0.15, 0.2) is 12.3 Å². The van der Waals surface area contributed by atoms with E-state index in [4.69, 9.17) is 5.73 Å². The largest absolute Gasteiger partial charge is 0.754 e. The van der Waals surface area contributed by atoms with Crippen LogP contribution in [0, 0.1) is 15.3 Å². The van der Waals surface area contributed by atoms with Crippen molar-refractivity contribution in [3.05, 3.63) is 27.6 Å². The minimum absolute atomic E-state index is 0.118. The van der Waals surface area contributed by atoms with Crippen LogP contribution in [0.2, 0.25) is 0 Å². The fourth-order valence-electron chi connectivity index (χ4n) is 0.858. The number of rotatable bonds is 5. The van der Waals surface area contributed by atoms with Gasteiger partial charge in [-0.3, -0.25) is 0 Å². The Kier molecular flexibility index (Phi) is 3.43. The lowest BCUT2D eigenvalue weighted by Gasteiger charge is -2.12. The lowest BCUT2D eigenvalue weighted by Crippen LogP contribution is -2.36. The van der Waals surface area contributed by atoms with E-state index in [2.05, 4.69) is 15.1 Å². The van der Waals surface area contributed by atoms with Crippen molar-refractivity contribution in [2.45, 2.75) is 0 Å². The van der Waals surface area contributed by atoms with Crippen LogP contribution in [0.1, 0.15) is 0 Å². The van der Waals surface area contributed by atoms with E-state index in [1.165, 1.54) is 12.3 Å². The lowest BCUT2D eigenvalue weighted by atomic mass is 10.5. The van der Waals surface area contributed by atoms with E-state index in [1.54, 1.807) is 0 Å². The van der Waals surface area contributed by atoms with Crippen LogP contribution in [-0.4, -0.2) is 23.2 Å². The molecule has 0 aliphatic carbocycles. The molecule has 0 atom stereocenters. The summed E-state index contributed by atoms with van der Waals surface area (Å²) in [5.41, 5.74) is 5.23. The number of hydrogen-bond acceptors (Lipinski definition) is 7. The fraction of sp³-hybridized carbons (Fsp3) is 0.333. The SMILES string of the molecule is Nc1nccc(NCCO[N+](=O)[O-])[n+]1[O-]. The number of nitrogens with two attached hydrogens (primary N) is 1. The molecule has 0 spiro atoms. The van der Waals surface area contributed by atoms with Crippen LogP contribution >= 0.6 is 0 Å². The molecule has 1 rings (SSSR count). The van der Waals surface area contributed by atoms with Gasteiger partial charge in [0, 0.05) is 6.07 Å². The Bertz CT molecular complexity index is 357. The molecule has 0 fully saturated rings. The van der Waals surface area contributed by atoms with Crippen LogP contribution < -0.4 is 15.8 Å². The first-order chi connectivity index (χ1) is 7.11. The van der Waals surface area contributed by atoms with Gasteiger partial charge in [0.15, 0.2) is 5.82 Å². The van der Waals surface area contributed by atoms with Crippen molar-refractivity contribution in [1.29, 1.82) is 0 Å². The summed E-state index contributed by atoms with van der Waals surface area (Å²) in [5, 5.41) is 22.7. The van der Waals surface area contributed by atoms with E-state index in [1.807, 2.05) is 0 Å². The minimum Gasteiger partial charge on any atom is -0.754 e. The third kappa shape index (κ3) is 3.14. The molecular weight excluding hydrogens is 206 g/mol. The lowest BCUT2D eigenvalue weighted by molar-refractivity contribution is -0.757. The molecule has 0 saturated heterocycles. The summed E-state index contributed by atoms with van der Waals surface area (Å²) in [6, 6.07) is 1.40. The third-order valence-corrected chi connectivity index (χ3v) is 1.47. The predicted octanol–water partition coefficient (Wildman–Crippen LogP) is -1.08. The standard InChI is InChI=1S/C6H9N5O4/c7-6-9-2-1-5(10(6)12)8-3-4-15-11(13)14/h1-2,8H,3-4H2,(H2,7,9). The molecule has 1 aromatic heterocycles. The Morgan fingerprint density at radius 3 is 3.13 bits per heavy atom. The van der Waals surface area contributed by atoms with E-state index >= 15 is 0 Å². The average Bonchev–Trinajstić information content (AvgIpc) is 2.18. The summed E-state index contributed by atoms with van der Waals surface area (Å²) in [5.74, 6) is -0.0374. The summed E-state index contributed by atoms with van der Waals surface area (Å²) < 4.78 is 0.381. The van der Waals surface area contributed by atoms with E-state index in [-0.39, 0.29) is 24.9 Å². The van der Waals surface area contributed by atoms with E-state index in [0.29, 0.717) is 4.73 Å². The quantitative estimate of drug-likeness (QED) is 0.210. The molecule has 0 amide bonds. The Hall–Kier alpha value is -2.32.